The number of esters is 2. The maximum atomic E-state index is 12.6. The third-order valence-electron chi connectivity index (χ3n) is 5.22. The number of carbonyl (C=O) groups is 2. The van der Waals surface area contributed by atoms with E-state index in [0.29, 0.717) is 0 Å². The molecule has 0 aromatic rings. The fourth-order valence-electron chi connectivity index (χ4n) is 3.92. The molecule has 2 atom stereocenters. The molecule has 2 rings (SSSR count). The van der Waals surface area contributed by atoms with E-state index in [1.54, 1.807) is 13.8 Å². The molecule has 1 saturated carbocycles. The van der Waals surface area contributed by atoms with Gasteiger partial charge in [0.15, 0.2) is 5.92 Å². The van der Waals surface area contributed by atoms with E-state index in [2.05, 4.69) is 31.8 Å². The second-order valence-corrected chi connectivity index (χ2v) is 13.1. The van der Waals surface area contributed by atoms with Gasteiger partial charge in [-0.3, -0.25) is 9.59 Å². The number of carbonyl (C=O) groups excluding carboxylic acids is 2. The zero-order chi connectivity index (χ0) is 18.6. The summed E-state index contributed by atoms with van der Waals surface area (Å²) in [6.45, 7) is 11.0. The third-order valence-corrected chi connectivity index (χ3v) is 7.26. The number of hydrogen-bond acceptors (Lipinski definition) is 4. The van der Waals surface area contributed by atoms with Crippen molar-refractivity contribution in [2.45, 2.75) is 59.2 Å². The van der Waals surface area contributed by atoms with E-state index < -0.39 is 25.9 Å². The highest BCUT2D eigenvalue weighted by Gasteiger charge is 2.44. The molecule has 0 radical (unpaired) electrons. The summed E-state index contributed by atoms with van der Waals surface area (Å²) in [4.78, 5) is 25.3. The minimum absolute atomic E-state index is 0.139. The van der Waals surface area contributed by atoms with Gasteiger partial charge in [0.2, 0.25) is 0 Å². The van der Waals surface area contributed by atoms with Crippen LogP contribution in [0.1, 0.15) is 39.5 Å². The number of ether oxygens (including phenoxy) is 2. The number of allylic oxidation sites excluding steroid dienone is 4. The molecular weight excluding hydrogens is 332 g/mol. The Morgan fingerprint density at radius 2 is 1.72 bits per heavy atom. The molecule has 140 valence electrons. The van der Waals surface area contributed by atoms with E-state index in [1.807, 2.05) is 0 Å². The molecule has 0 N–H and O–H groups in total. The van der Waals surface area contributed by atoms with Crippen LogP contribution in [0.15, 0.2) is 22.9 Å². The summed E-state index contributed by atoms with van der Waals surface area (Å²) in [5.41, 5.74) is 1.41. The van der Waals surface area contributed by atoms with Crippen LogP contribution in [0, 0.1) is 17.8 Å². The van der Waals surface area contributed by atoms with Gasteiger partial charge in [-0.15, -0.1) is 0 Å². The monoisotopic (exact) mass is 364 g/mol. The summed E-state index contributed by atoms with van der Waals surface area (Å²) in [7, 11) is -1.55. The molecule has 2 aliphatic carbocycles. The van der Waals surface area contributed by atoms with Crippen LogP contribution in [0.2, 0.25) is 19.6 Å². The minimum Gasteiger partial charge on any atom is -0.465 e. The maximum absolute atomic E-state index is 12.6. The van der Waals surface area contributed by atoms with Crippen LogP contribution in [0.4, 0.5) is 0 Å². The Balaban J connectivity index is 2.44. The zero-order valence-corrected chi connectivity index (χ0v) is 17.3. The van der Waals surface area contributed by atoms with Crippen LogP contribution < -0.4 is 0 Å². The van der Waals surface area contributed by atoms with Gasteiger partial charge in [-0.05, 0) is 39.0 Å². The molecule has 0 aromatic carbocycles. The van der Waals surface area contributed by atoms with Crippen LogP contribution in [0.3, 0.4) is 0 Å². The third kappa shape index (κ3) is 4.63. The van der Waals surface area contributed by atoms with Crippen LogP contribution >= 0.6 is 0 Å². The molecule has 1 fully saturated rings. The van der Waals surface area contributed by atoms with E-state index in [1.165, 1.54) is 17.2 Å². The average molecular weight is 365 g/mol. The number of hydrogen-bond donors (Lipinski definition) is 0. The van der Waals surface area contributed by atoms with Crippen molar-refractivity contribution in [3.63, 3.8) is 0 Å². The molecule has 0 unspecified atom stereocenters. The fraction of sp³-hybridized carbons (Fsp3) is 0.700. The Hall–Kier alpha value is -1.36. The number of rotatable bonds is 6. The lowest BCUT2D eigenvalue weighted by atomic mass is 9.69. The summed E-state index contributed by atoms with van der Waals surface area (Å²) in [5.74, 6) is -1.61. The molecular formula is C20H32O4Si. The van der Waals surface area contributed by atoms with Crippen molar-refractivity contribution in [3.05, 3.63) is 22.9 Å². The summed E-state index contributed by atoms with van der Waals surface area (Å²) in [6, 6.07) is 0. The van der Waals surface area contributed by atoms with Crippen molar-refractivity contribution < 1.29 is 19.1 Å². The molecule has 0 saturated heterocycles. The molecule has 4 nitrogen and oxygen atoms in total. The number of fused-ring (bicyclic) bond motifs is 1. The highest BCUT2D eigenvalue weighted by molar-refractivity contribution is 6.83. The van der Waals surface area contributed by atoms with Gasteiger partial charge in [-0.1, -0.05) is 49.0 Å². The summed E-state index contributed by atoms with van der Waals surface area (Å²) >= 11 is 0. The van der Waals surface area contributed by atoms with E-state index >= 15 is 0 Å². The highest BCUT2D eigenvalue weighted by atomic mass is 28.3. The van der Waals surface area contributed by atoms with Crippen molar-refractivity contribution in [2.24, 2.45) is 17.8 Å². The predicted octanol–water partition coefficient (Wildman–Crippen LogP) is 4.28. The normalized spacial score (nSPS) is 23.4. The Labute approximate surface area is 152 Å². The van der Waals surface area contributed by atoms with E-state index in [-0.39, 0.29) is 25.0 Å². The van der Waals surface area contributed by atoms with Gasteiger partial charge in [-0.2, -0.15) is 0 Å². The zero-order valence-electron chi connectivity index (χ0n) is 16.3. The molecule has 25 heavy (non-hydrogen) atoms. The first-order valence-corrected chi connectivity index (χ1v) is 13.1. The Bertz CT molecular complexity index is 553. The largest absolute Gasteiger partial charge is 0.465 e. The topological polar surface area (TPSA) is 52.6 Å². The molecule has 0 bridgehead atoms. The van der Waals surface area contributed by atoms with Gasteiger partial charge >= 0.3 is 11.9 Å². The van der Waals surface area contributed by atoms with Gasteiger partial charge in [-0.25, -0.2) is 0 Å². The fourth-order valence-corrected chi connectivity index (χ4v) is 5.23. The first kappa shape index (κ1) is 20.0. The van der Waals surface area contributed by atoms with Crippen LogP contribution in [0.25, 0.3) is 0 Å². The molecule has 0 aliphatic heterocycles. The first-order chi connectivity index (χ1) is 11.8. The molecule has 0 spiro atoms. The lowest BCUT2D eigenvalue weighted by Crippen LogP contribution is -2.41. The summed E-state index contributed by atoms with van der Waals surface area (Å²) in [5, 5.41) is 1.34. The van der Waals surface area contributed by atoms with Crippen LogP contribution in [0.5, 0.6) is 0 Å². The van der Waals surface area contributed by atoms with Crippen molar-refractivity contribution in [2.75, 3.05) is 13.2 Å². The smallest absolute Gasteiger partial charge is 0.320 e. The van der Waals surface area contributed by atoms with Crippen LogP contribution in [-0.4, -0.2) is 33.2 Å². The summed E-state index contributed by atoms with van der Waals surface area (Å²) in [6.07, 6.45) is 9.00. The van der Waals surface area contributed by atoms with Gasteiger partial charge in [0, 0.05) is 5.92 Å². The Kier molecular flexibility index (Phi) is 6.66. The average Bonchev–Trinajstić information content (AvgIpc) is 2.54. The lowest BCUT2D eigenvalue weighted by Gasteiger charge is -2.39. The van der Waals surface area contributed by atoms with Crippen molar-refractivity contribution >= 4 is 20.0 Å². The van der Waals surface area contributed by atoms with Crippen molar-refractivity contribution in [1.82, 2.24) is 0 Å². The van der Waals surface area contributed by atoms with Crippen LogP contribution in [-0.2, 0) is 19.1 Å². The second-order valence-electron chi connectivity index (χ2n) is 8.00. The molecule has 2 aliphatic rings. The standard InChI is InChI=1S/C20H32O4Si/c1-6-23-19(21)18(20(22)24-7-2)17-13-15(25(3,4)5)12-14-10-8-9-11-16(14)17/h12-13,16-18H,6-11H2,1-5H3/t16-,17+/m1/s1. The van der Waals surface area contributed by atoms with Crippen molar-refractivity contribution in [1.29, 1.82) is 0 Å². The van der Waals surface area contributed by atoms with E-state index in [4.69, 9.17) is 9.47 Å². The van der Waals surface area contributed by atoms with Gasteiger partial charge < -0.3 is 9.47 Å². The van der Waals surface area contributed by atoms with Gasteiger partial charge in [0.25, 0.3) is 0 Å². The molecule has 5 heteroatoms. The second kappa shape index (κ2) is 8.34. The maximum Gasteiger partial charge on any atom is 0.320 e. The highest BCUT2D eigenvalue weighted by Crippen LogP contribution is 2.44. The SMILES string of the molecule is CCOC(=O)C(C(=O)OCC)[C@H]1C=C([Si](C)(C)C)C=C2CCCC[C@H]21. The Morgan fingerprint density at radius 3 is 2.24 bits per heavy atom. The molecule has 0 aromatic heterocycles. The predicted molar refractivity (Wildman–Crippen MR) is 102 cm³/mol. The lowest BCUT2D eigenvalue weighted by molar-refractivity contribution is -0.164. The quantitative estimate of drug-likeness (QED) is 0.401. The van der Waals surface area contributed by atoms with Gasteiger partial charge in [0.05, 0.1) is 21.3 Å². The Morgan fingerprint density at radius 1 is 1.12 bits per heavy atom. The van der Waals surface area contributed by atoms with E-state index in [9.17, 15) is 9.59 Å². The molecule has 0 heterocycles. The van der Waals surface area contributed by atoms with E-state index in [0.717, 1.165) is 19.3 Å². The van der Waals surface area contributed by atoms with Gasteiger partial charge in [0.1, 0.15) is 0 Å². The summed E-state index contributed by atoms with van der Waals surface area (Å²) < 4.78 is 10.5. The van der Waals surface area contributed by atoms with Crippen molar-refractivity contribution in [3.8, 4) is 0 Å². The first-order valence-electron chi connectivity index (χ1n) is 9.55. The minimum atomic E-state index is -1.55. The molecule has 0 amide bonds.